The van der Waals surface area contributed by atoms with Gasteiger partial charge in [-0.15, -0.1) is 0 Å². The van der Waals surface area contributed by atoms with E-state index in [9.17, 15) is 8.42 Å². The number of hydrogen-bond donors (Lipinski definition) is 1. The van der Waals surface area contributed by atoms with Crippen LogP contribution in [0, 0.1) is 0 Å². The van der Waals surface area contributed by atoms with Crippen LogP contribution in [-0.4, -0.2) is 56.0 Å². The highest BCUT2D eigenvalue weighted by Crippen LogP contribution is 2.28. The van der Waals surface area contributed by atoms with Gasteiger partial charge in [-0.1, -0.05) is 0 Å². The molecule has 2 fully saturated rings. The van der Waals surface area contributed by atoms with Gasteiger partial charge in [0, 0.05) is 31.4 Å². The van der Waals surface area contributed by atoms with Crippen LogP contribution in [0.2, 0.25) is 0 Å². The summed E-state index contributed by atoms with van der Waals surface area (Å²) in [6.07, 6.45) is 5.03. The molecule has 0 saturated carbocycles. The van der Waals surface area contributed by atoms with E-state index >= 15 is 0 Å². The van der Waals surface area contributed by atoms with Crippen molar-refractivity contribution in [2.45, 2.75) is 49.9 Å². The number of hydrogen-bond acceptors (Lipinski definition) is 4. The molecule has 0 radical (unpaired) electrons. The monoisotopic (exact) mass is 260 g/mol. The number of nitrogens with zero attached hydrogens (tertiary/aromatic N) is 1. The van der Waals surface area contributed by atoms with Gasteiger partial charge in [-0.3, -0.25) is 4.90 Å². The molecule has 5 heteroatoms. The maximum absolute atomic E-state index is 11.6. The van der Waals surface area contributed by atoms with Gasteiger partial charge >= 0.3 is 0 Å². The van der Waals surface area contributed by atoms with E-state index in [4.69, 9.17) is 0 Å². The van der Waals surface area contributed by atoms with Crippen molar-refractivity contribution in [1.82, 2.24) is 10.2 Å². The Balaban J connectivity index is 1.91. The van der Waals surface area contributed by atoms with Gasteiger partial charge in [-0.25, -0.2) is 8.42 Å². The zero-order chi connectivity index (χ0) is 12.7. The highest BCUT2D eigenvalue weighted by atomic mass is 32.2. The second kappa shape index (κ2) is 4.52. The van der Waals surface area contributed by atoms with Crippen LogP contribution in [0.5, 0.6) is 0 Å². The van der Waals surface area contributed by atoms with E-state index in [1.165, 1.54) is 32.2 Å². The van der Waals surface area contributed by atoms with Crippen molar-refractivity contribution >= 4 is 9.84 Å². The van der Waals surface area contributed by atoms with Gasteiger partial charge in [-0.05, 0) is 39.7 Å². The lowest BCUT2D eigenvalue weighted by atomic mass is 10.1. The molecular weight excluding hydrogens is 236 g/mol. The first-order valence-electron chi connectivity index (χ1n) is 6.48. The van der Waals surface area contributed by atoms with Crippen LogP contribution in [0.1, 0.15) is 33.1 Å². The first-order valence-corrected chi connectivity index (χ1v) is 8.37. The van der Waals surface area contributed by atoms with Gasteiger partial charge < -0.3 is 5.32 Å². The van der Waals surface area contributed by atoms with Crippen molar-refractivity contribution in [3.8, 4) is 0 Å². The van der Waals surface area contributed by atoms with Crippen molar-refractivity contribution < 1.29 is 8.42 Å². The van der Waals surface area contributed by atoms with E-state index in [1.807, 2.05) is 0 Å². The fraction of sp³-hybridized carbons (Fsp3) is 1.00. The third-order valence-corrected chi connectivity index (χ3v) is 6.55. The normalized spacial score (nSPS) is 30.8. The van der Waals surface area contributed by atoms with Crippen molar-refractivity contribution in [1.29, 1.82) is 0 Å². The molecule has 0 aromatic heterocycles. The molecule has 100 valence electrons. The van der Waals surface area contributed by atoms with Crippen LogP contribution >= 0.6 is 0 Å². The molecule has 0 spiro atoms. The topological polar surface area (TPSA) is 49.4 Å². The first kappa shape index (κ1) is 13.3. The number of sulfone groups is 1. The lowest BCUT2D eigenvalue weighted by Gasteiger charge is -2.27. The number of nitrogens with one attached hydrogen (secondary N) is 1. The molecule has 0 aromatic rings. The summed E-state index contributed by atoms with van der Waals surface area (Å²) in [5, 5.41) is 3.48. The van der Waals surface area contributed by atoms with Crippen LogP contribution in [0.3, 0.4) is 0 Å². The predicted molar refractivity (Wildman–Crippen MR) is 69.9 cm³/mol. The Morgan fingerprint density at radius 3 is 2.65 bits per heavy atom. The fourth-order valence-electron chi connectivity index (χ4n) is 2.83. The summed E-state index contributed by atoms with van der Waals surface area (Å²) in [7, 11) is -2.99. The zero-order valence-electron chi connectivity index (χ0n) is 11.1. The Morgan fingerprint density at radius 2 is 2.00 bits per heavy atom. The molecular formula is C12H24N2O2S. The maximum atomic E-state index is 11.6. The lowest BCUT2D eigenvalue weighted by molar-refractivity contribution is 0.296. The van der Waals surface area contributed by atoms with Crippen LogP contribution < -0.4 is 5.32 Å². The Labute approximate surface area is 105 Å². The second-order valence-electron chi connectivity index (χ2n) is 6.05. The SMILES string of the molecule is CC(C)(CNC1CCN2CCCC12)S(C)(=O)=O. The molecule has 1 N–H and O–H groups in total. The van der Waals surface area contributed by atoms with E-state index in [2.05, 4.69) is 10.2 Å². The average molecular weight is 260 g/mol. The third-order valence-electron chi connectivity index (χ3n) is 4.40. The molecule has 2 atom stereocenters. The Kier molecular flexibility index (Phi) is 3.54. The Bertz CT molecular complexity index is 378. The number of rotatable bonds is 4. The molecule has 2 aliphatic heterocycles. The van der Waals surface area contributed by atoms with Gasteiger partial charge in [0.1, 0.15) is 0 Å². The van der Waals surface area contributed by atoms with Gasteiger partial charge in [-0.2, -0.15) is 0 Å². The minimum Gasteiger partial charge on any atom is -0.311 e. The van der Waals surface area contributed by atoms with Crippen molar-refractivity contribution in [2.24, 2.45) is 0 Å². The Hall–Kier alpha value is -0.130. The van der Waals surface area contributed by atoms with Crippen LogP contribution in [0.25, 0.3) is 0 Å². The predicted octanol–water partition coefficient (Wildman–Crippen LogP) is 0.636. The van der Waals surface area contributed by atoms with E-state index in [-0.39, 0.29) is 0 Å². The summed E-state index contributed by atoms with van der Waals surface area (Å²) < 4.78 is 22.6. The van der Waals surface area contributed by atoms with E-state index in [0.29, 0.717) is 18.6 Å². The lowest BCUT2D eigenvalue weighted by Crippen LogP contribution is -2.48. The summed E-state index contributed by atoms with van der Waals surface area (Å²) >= 11 is 0. The second-order valence-corrected chi connectivity index (χ2v) is 8.70. The zero-order valence-corrected chi connectivity index (χ0v) is 11.9. The first-order chi connectivity index (χ1) is 7.81. The highest BCUT2D eigenvalue weighted by molar-refractivity contribution is 7.92. The minimum absolute atomic E-state index is 0.485. The van der Waals surface area contributed by atoms with Gasteiger partial charge in [0.25, 0.3) is 0 Å². The van der Waals surface area contributed by atoms with Gasteiger partial charge in [0.2, 0.25) is 0 Å². The minimum atomic E-state index is -2.99. The Morgan fingerprint density at radius 1 is 1.29 bits per heavy atom. The fourth-order valence-corrected chi connectivity index (χ4v) is 3.17. The molecule has 4 nitrogen and oxygen atoms in total. The summed E-state index contributed by atoms with van der Waals surface area (Å²) in [6, 6.07) is 1.13. The largest absolute Gasteiger partial charge is 0.311 e. The van der Waals surface area contributed by atoms with Crippen LogP contribution in [-0.2, 0) is 9.84 Å². The molecule has 2 saturated heterocycles. The molecule has 2 aliphatic rings. The molecule has 17 heavy (non-hydrogen) atoms. The van der Waals surface area contributed by atoms with E-state index in [1.54, 1.807) is 13.8 Å². The van der Waals surface area contributed by atoms with Gasteiger partial charge in [0.05, 0.1) is 4.75 Å². The summed E-state index contributed by atoms with van der Waals surface area (Å²) in [6.45, 7) is 6.55. The highest BCUT2D eigenvalue weighted by Gasteiger charge is 2.38. The smallest absolute Gasteiger partial charge is 0.153 e. The third kappa shape index (κ3) is 2.66. The van der Waals surface area contributed by atoms with E-state index in [0.717, 1.165) is 6.42 Å². The molecule has 2 heterocycles. The van der Waals surface area contributed by atoms with E-state index < -0.39 is 14.6 Å². The van der Waals surface area contributed by atoms with Crippen LogP contribution in [0.4, 0.5) is 0 Å². The quantitative estimate of drug-likeness (QED) is 0.806. The molecule has 0 bridgehead atoms. The van der Waals surface area contributed by atoms with Crippen molar-refractivity contribution in [2.75, 3.05) is 25.9 Å². The summed E-state index contributed by atoms with van der Waals surface area (Å²) in [5.41, 5.74) is 0. The standard InChI is InChI=1S/C12H24N2O2S/c1-12(2,17(3,15)16)9-13-10-6-8-14-7-4-5-11(10)14/h10-11,13H,4-9H2,1-3H3. The molecule has 0 aromatic carbocycles. The molecule has 0 amide bonds. The average Bonchev–Trinajstić information content (AvgIpc) is 2.74. The summed E-state index contributed by atoms with van der Waals surface area (Å²) in [5.74, 6) is 0. The maximum Gasteiger partial charge on any atom is 0.153 e. The molecule has 2 unspecified atom stereocenters. The van der Waals surface area contributed by atoms with Crippen molar-refractivity contribution in [3.63, 3.8) is 0 Å². The van der Waals surface area contributed by atoms with Gasteiger partial charge in [0.15, 0.2) is 9.84 Å². The van der Waals surface area contributed by atoms with Crippen LogP contribution in [0.15, 0.2) is 0 Å². The summed E-state index contributed by atoms with van der Waals surface area (Å²) in [4.78, 5) is 2.53. The molecule has 2 rings (SSSR count). The number of fused-ring (bicyclic) bond motifs is 1. The van der Waals surface area contributed by atoms with Crippen molar-refractivity contribution in [3.05, 3.63) is 0 Å². The molecule has 0 aliphatic carbocycles.